The van der Waals surface area contributed by atoms with Crippen molar-refractivity contribution < 1.29 is 22.7 Å². The minimum atomic E-state index is -4.34. The summed E-state index contributed by atoms with van der Waals surface area (Å²) in [5.74, 6) is -0.262. The zero-order chi connectivity index (χ0) is 12.0. The Labute approximate surface area is 93.2 Å². The van der Waals surface area contributed by atoms with Gasteiger partial charge < -0.3 is 4.74 Å². The number of ketones is 1. The molecule has 1 aliphatic rings. The summed E-state index contributed by atoms with van der Waals surface area (Å²) in [7, 11) is 0. The molecule has 1 aliphatic carbocycles. The molecule has 5 heteroatoms. The molecule has 1 saturated carbocycles. The average Bonchev–Trinajstić information content (AvgIpc) is 2.43. The summed E-state index contributed by atoms with van der Waals surface area (Å²) in [6.45, 7) is -1.73. The third-order valence-corrected chi connectivity index (χ3v) is 2.82. The minimum absolute atomic E-state index is 0.0873. The Morgan fingerprint density at radius 3 is 2.19 bits per heavy atom. The molecule has 0 heterocycles. The number of Topliss-reactive ketones (excluding diaryl/α,β-unsaturated/α-hetero) is 1. The van der Waals surface area contributed by atoms with Gasteiger partial charge in [0.1, 0.15) is 13.2 Å². The van der Waals surface area contributed by atoms with Crippen molar-refractivity contribution in [3.63, 3.8) is 0 Å². The van der Waals surface area contributed by atoms with E-state index in [1.54, 1.807) is 0 Å². The van der Waals surface area contributed by atoms with Crippen molar-refractivity contribution >= 4 is 5.78 Å². The maximum absolute atomic E-state index is 11.8. The predicted octanol–water partition coefficient (Wildman–Crippen LogP) is 3.10. The molecule has 0 aliphatic heterocycles. The van der Waals surface area contributed by atoms with Gasteiger partial charge in [0, 0.05) is 5.92 Å². The lowest BCUT2D eigenvalue weighted by atomic mass is 9.96. The van der Waals surface area contributed by atoms with E-state index in [0.29, 0.717) is 0 Å². The van der Waals surface area contributed by atoms with Crippen LogP contribution in [0.2, 0.25) is 0 Å². The number of carbonyl (C=O) groups is 1. The van der Waals surface area contributed by atoms with Gasteiger partial charge in [0.15, 0.2) is 5.78 Å². The van der Waals surface area contributed by atoms with E-state index in [-0.39, 0.29) is 11.7 Å². The highest BCUT2D eigenvalue weighted by molar-refractivity contribution is 5.82. The molecule has 0 unspecified atom stereocenters. The van der Waals surface area contributed by atoms with Crippen LogP contribution >= 0.6 is 0 Å². The molecule has 0 radical (unpaired) electrons. The molecule has 0 spiro atoms. The van der Waals surface area contributed by atoms with Gasteiger partial charge in [0.05, 0.1) is 0 Å². The van der Waals surface area contributed by atoms with Gasteiger partial charge in [0.2, 0.25) is 0 Å². The summed E-state index contributed by atoms with van der Waals surface area (Å²) in [5.41, 5.74) is 0. The lowest BCUT2D eigenvalue weighted by Gasteiger charge is -2.13. The number of carbonyl (C=O) groups excluding carboxylic acids is 1. The third-order valence-electron chi connectivity index (χ3n) is 2.82. The molecular weight excluding hydrogens is 221 g/mol. The maximum Gasteiger partial charge on any atom is 0.411 e. The fourth-order valence-corrected chi connectivity index (χ4v) is 1.99. The standard InChI is InChI=1S/C11H17F3O2/c12-11(13,14)8-16-7-10(15)9-5-3-1-2-4-6-9/h9H,1-8H2. The predicted molar refractivity (Wildman–Crippen MR) is 53.1 cm³/mol. The zero-order valence-electron chi connectivity index (χ0n) is 9.18. The number of hydrogen-bond donors (Lipinski definition) is 0. The second-order valence-corrected chi connectivity index (χ2v) is 4.26. The lowest BCUT2D eigenvalue weighted by molar-refractivity contribution is -0.176. The van der Waals surface area contributed by atoms with E-state index < -0.39 is 19.4 Å². The molecule has 2 nitrogen and oxygen atoms in total. The van der Waals surface area contributed by atoms with E-state index >= 15 is 0 Å². The Balaban J connectivity index is 2.23. The fourth-order valence-electron chi connectivity index (χ4n) is 1.99. The first-order chi connectivity index (χ1) is 7.49. The van der Waals surface area contributed by atoms with Crippen LogP contribution in [0.15, 0.2) is 0 Å². The van der Waals surface area contributed by atoms with Gasteiger partial charge in [-0.3, -0.25) is 4.79 Å². The van der Waals surface area contributed by atoms with E-state index in [2.05, 4.69) is 4.74 Å². The molecule has 0 saturated heterocycles. The maximum atomic E-state index is 11.8. The minimum Gasteiger partial charge on any atom is -0.364 e. The molecule has 94 valence electrons. The summed E-state index contributed by atoms with van der Waals surface area (Å²) in [6, 6.07) is 0. The van der Waals surface area contributed by atoms with Crippen LogP contribution < -0.4 is 0 Å². The van der Waals surface area contributed by atoms with Crippen molar-refractivity contribution in [1.82, 2.24) is 0 Å². The van der Waals surface area contributed by atoms with Gasteiger partial charge in [-0.25, -0.2) is 0 Å². The highest BCUT2D eigenvalue weighted by Gasteiger charge is 2.28. The number of rotatable bonds is 4. The highest BCUT2D eigenvalue weighted by Crippen LogP contribution is 2.23. The van der Waals surface area contributed by atoms with E-state index in [1.807, 2.05) is 0 Å². The van der Waals surface area contributed by atoms with Crippen LogP contribution in [-0.4, -0.2) is 25.2 Å². The largest absolute Gasteiger partial charge is 0.411 e. The first-order valence-corrected chi connectivity index (χ1v) is 5.66. The molecule has 0 atom stereocenters. The topological polar surface area (TPSA) is 26.3 Å². The van der Waals surface area contributed by atoms with Crippen LogP contribution in [0.5, 0.6) is 0 Å². The van der Waals surface area contributed by atoms with Gasteiger partial charge in [0.25, 0.3) is 0 Å². The quantitative estimate of drug-likeness (QED) is 0.703. The first-order valence-electron chi connectivity index (χ1n) is 5.66. The molecule has 0 amide bonds. The SMILES string of the molecule is O=C(COCC(F)(F)F)C1CCCCCC1. The number of alkyl halides is 3. The van der Waals surface area contributed by atoms with Crippen molar-refractivity contribution in [2.24, 2.45) is 5.92 Å². The van der Waals surface area contributed by atoms with Crippen LogP contribution in [0.3, 0.4) is 0 Å². The number of ether oxygens (including phenoxy) is 1. The lowest BCUT2D eigenvalue weighted by Crippen LogP contribution is -2.24. The van der Waals surface area contributed by atoms with Crippen LogP contribution in [0.4, 0.5) is 13.2 Å². The Morgan fingerprint density at radius 2 is 1.69 bits per heavy atom. The van der Waals surface area contributed by atoms with Gasteiger partial charge in [-0.05, 0) is 12.8 Å². The van der Waals surface area contributed by atoms with Gasteiger partial charge in [-0.2, -0.15) is 13.2 Å². The molecule has 1 fully saturated rings. The molecule has 0 aromatic heterocycles. The van der Waals surface area contributed by atoms with Crippen molar-refractivity contribution in [1.29, 1.82) is 0 Å². The summed E-state index contributed by atoms with van der Waals surface area (Å²) >= 11 is 0. The Bertz CT molecular complexity index is 218. The van der Waals surface area contributed by atoms with Gasteiger partial charge in [-0.15, -0.1) is 0 Å². The van der Waals surface area contributed by atoms with Crippen molar-refractivity contribution in [2.75, 3.05) is 13.2 Å². The molecule has 0 N–H and O–H groups in total. The Morgan fingerprint density at radius 1 is 1.12 bits per heavy atom. The molecule has 0 aromatic rings. The van der Waals surface area contributed by atoms with E-state index in [4.69, 9.17) is 0 Å². The molecule has 1 rings (SSSR count). The summed E-state index contributed by atoms with van der Waals surface area (Å²) < 4.78 is 39.7. The summed E-state index contributed by atoms with van der Waals surface area (Å²) in [4.78, 5) is 11.5. The van der Waals surface area contributed by atoms with Crippen LogP contribution in [0.1, 0.15) is 38.5 Å². The van der Waals surface area contributed by atoms with Gasteiger partial charge >= 0.3 is 6.18 Å². The molecule has 0 aromatic carbocycles. The van der Waals surface area contributed by atoms with Crippen LogP contribution in [0, 0.1) is 5.92 Å². The monoisotopic (exact) mass is 238 g/mol. The van der Waals surface area contributed by atoms with E-state index in [0.717, 1.165) is 38.5 Å². The zero-order valence-corrected chi connectivity index (χ0v) is 9.18. The fraction of sp³-hybridized carbons (Fsp3) is 0.909. The first kappa shape index (κ1) is 13.5. The second kappa shape index (κ2) is 6.23. The van der Waals surface area contributed by atoms with Crippen LogP contribution in [-0.2, 0) is 9.53 Å². The normalized spacial score (nSPS) is 19.4. The van der Waals surface area contributed by atoms with Crippen molar-refractivity contribution in [3.8, 4) is 0 Å². The number of halogens is 3. The molecular formula is C11H17F3O2. The number of hydrogen-bond acceptors (Lipinski definition) is 2. The Hall–Kier alpha value is -0.580. The van der Waals surface area contributed by atoms with E-state index in [9.17, 15) is 18.0 Å². The van der Waals surface area contributed by atoms with E-state index in [1.165, 1.54) is 0 Å². The molecule has 16 heavy (non-hydrogen) atoms. The van der Waals surface area contributed by atoms with Gasteiger partial charge in [-0.1, -0.05) is 25.7 Å². The van der Waals surface area contributed by atoms with Crippen LogP contribution in [0.25, 0.3) is 0 Å². The van der Waals surface area contributed by atoms with Crippen molar-refractivity contribution in [2.45, 2.75) is 44.7 Å². The molecule has 0 bridgehead atoms. The average molecular weight is 238 g/mol. The highest BCUT2D eigenvalue weighted by atomic mass is 19.4. The smallest absolute Gasteiger partial charge is 0.364 e. The summed E-state index contributed by atoms with van der Waals surface area (Å²) in [6.07, 6.45) is 1.48. The van der Waals surface area contributed by atoms with Crippen molar-refractivity contribution in [3.05, 3.63) is 0 Å². The third kappa shape index (κ3) is 5.49. The summed E-state index contributed by atoms with van der Waals surface area (Å²) in [5, 5.41) is 0. The Kier molecular flexibility index (Phi) is 5.25. The second-order valence-electron chi connectivity index (χ2n) is 4.26.